The van der Waals surface area contributed by atoms with Gasteiger partial charge in [0.05, 0.1) is 11.1 Å². The van der Waals surface area contributed by atoms with E-state index >= 15 is 0 Å². The number of hydrogen-bond acceptors (Lipinski definition) is 4. The number of carboxylic acid groups (broad SMARTS) is 1. The summed E-state index contributed by atoms with van der Waals surface area (Å²) < 4.78 is 5.22. The second-order valence-corrected chi connectivity index (χ2v) is 5.46. The monoisotopic (exact) mass is 332 g/mol. The summed E-state index contributed by atoms with van der Waals surface area (Å²) in [6.45, 7) is 0.613. The summed E-state index contributed by atoms with van der Waals surface area (Å²) >= 11 is 11.7. The number of hydrogen-bond donors (Lipinski definition) is 1. The van der Waals surface area contributed by atoms with Crippen molar-refractivity contribution in [2.75, 3.05) is 19.7 Å². The van der Waals surface area contributed by atoms with E-state index in [0.29, 0.717) is 25.9 Å². The SMILES string of the molecule is O=C(O)COC1CCN(C(=O)c2nc(Cl)ccc2Cl)CC1. The Labute approximate surface area is 131 Å². The molecule has 1 fully saturated rings. The molecule has 1 aromatic rings. The molecule has 0 aliphatic carbocycles. The van der Waals surface area contributed by atoms with Crippen molar-refractivity contribution < 1.29 is 19.4 Å². The van der Waals surface area contributed by atoms with Crippen LogP contribution in [0.3, 0.4) is 0 Å². The van der Waals surface area contributed by atoms with Crippen LogP contribution in [0.1, 0.15) is 23.3 Å². The molecule has 21 heavy (non-hydrogen) atoms. The van der Waals surface area contributed by atoms with Crippen molar-refractivity contribution in [3.63, 3.8) is 0 Å². The molecule has 0 unspecified atom stereocenters. The van der Waals surface area contributed by atoms with Gasteiger partial charge < -0.3 is 14.7 Å². The van der Waals surface area contributed by atoms with Crippen molar-refractivity contribution in [3.05, 3.63) is 28.0 Å². The Morgan fingerprint density at radius 1 is 1.33 bits per heavy atom. The van der Waals surface area contributed by atoms with Gasteiger partial charge >= 0.3 is 5.97 Å². The first-order valence-electron chi connectivity index (χ1n) is 6.42. The largest absolute Gasteiger partial charge is 0.480 e. The minimum Gasteiger partial charge on any atom is -0.480 e. The lowest BCUT2D eigenvalue weighted by Gasteiger charge is -2.31. The zero-order valence-electron chi connectivity index (χ0n) is 11.1. The highest BCUT2D eigenvalue weighted by Gasteiger charge is 2.26. The van der Waals surface area contributed by atoms with Crippen LogP contribution in [0.15, 0.2) is 12.1 Å². The molecule has 1 N–H and O–H groups in total. The molecule has 114 valence electrons. The molecule has 1 amide bonds. The predicted molar refractivity (Wildman–Crippen MR) is 76.8 cm³/mol. The third-order valence-corrected chi connectivity index (χ3v) is 3.70. The number of aliphatic carboxylic acids is 1. The quantitative estimate of drug-likeness (QED) is 0.854. The van der Waals surface area contributed by atoms with Gasteiger partial charge in [0.1, 0.15) is 17.5 Å². The van der Waals surface area contributed by atoms with Crippen molar-refractivity contribution >= 4 is 35.1 Å². The van der Waals surface area contributed by atoms with Gasteiger partial charge in [-0.05, 0) is 25.0 Å². The Bertz CT molecular complexity index is 545. The number of pyridine rings is 1. The first-order valence-corrected chi connectivity index (χ1v) is 7.17. The lowest BCUT2D eigenvalue weighted by atomic mass is 10.1. The molecule has 8 heteroatoms. The number of carbonyl (C=O) groups excluding carboxylic acids is 1. The molecular formula is C13H14Cl2N2O4. The van der Waals surface area contributed by atoms with Crippen LogP contribution < -0.4 is 0 Å². The van der Waals surface area contributed by atoms with Gasteiger partial charge in [-0.3, -0.25) is 4.79 Å². The maximum atomic E-state index is 12.3. The summed E-state index contributed by atoms with van der Waals surface area (Å²) in [5.41, 5.74) is 0.133. The molecule has 1 saturated heterocycles. The lowest BCUT2D eigenvalue weighted by molar-refractivity contribution is -0.145. The average molecular weight is 333 g/mol. The van der Waals surface area contributed by atoms with Gasteiger partial charge in [0, 0.05) is 13.1 Å². The van der Waals surface area contributed by atoms with Crippen LogP contribution >= 0.6 is 23.2 Å². The molecule has 1 aliphatic heterocycles. The number of rotatable bonds is 4. The van der Waals surface area contributed by atoms with Crippen molar-refractivity contribution in [1.29, 1.82) is 0 Å². The maximum absolute atomic E-state index is 12.3. The van der Waals surface area contributed by atoms with Crippen LogP contribution in [0.2, 0.25) is 10.2 Å². The van der Waals surface area contributed by atoms with Crippen molar-refractivity contribution in [2.24, 2.45) is 0 Å². The lowest BCUT2D eigenvalue weighted by Crippen LogP contribution is -2.41. The number of ether oxygens (including phenoxy) is 1. The van der Waals surface area contributed by atoms with E-state index in [4.69, 9.17) is 33.0 Å². The van der Waals surface area contributed by atoms with E-state index in [1.54, 1.807) is 4.90 Å². The first-order chi connectivity index (χ1) is 9.97. The molecule has 0 bridgehead atoms. The summed E-state index contributed by atoms with van der Waals surface area (Å²) in [5, 5.41) is 9.03. The summed E-state index contributed by atoms with van der Waals surface area (Å²) in [6, 6.07) is 3.06. The second-order valence-electron chi connectivity index (χ2n) is 4.66. The number of nitrogens with zero attached hydrogens (tertiary/aromatic N) is 2. The van der Waals surface area contributed by atoms with Crippen molar-refractivity contribution in [2.45, 2.75) is 18.9 Å². The Morgan fingerprint density at radius 3 is 2.62 bits per heavy atom. The van der Waals surface area contributed by atoms with E-state index in [-0.39, 0.29) is 34.5 Å². The van der Waals surface area contributed by atoms with Crippen LogP contribution in [0.4, 0.5) is 0 Å². The highest BCUT2D eigenvalue weighted by molar-refractivity contribution is 6.34. The van der Waals surface area contributed by atoms with E-state index in [2.05, 4.69) is 4.98 Å². The Hall–Kier alpha value is -1.37. The van der Waals surface area contributed by atoms with Crippen molar-refractivity contribution in [1.82, 2.24) is 9.88 Å². The van der Waals surface area contributed by atoms with Crippen LogP contribution in [-0.2, 0) is 9.53 Å². The highest BCUT2D eigenvalue weighted by Crippen LogP contribution is 2.21. The summed E-state index contributed by atoms with van der Waals surface area (Å²) in [7, 11) is 0. The topological polar surface area (TPSA) is 79.7 Å². The van der Waals surface area contributed by atoms with Crippen molar-refractivity contribution in [3.8, 4) is 0 Å². The number of halogens is 2. The number of piperidine rings is 1. The molecule has 0 aromatic carbocycles. The maximum Gasteiger partial charge on any atom is 0.329 e. The third-order valence-electron chi connectivity index (χ3n) is 3.19. The van der Waals surface area contributed by atoms with Gasteiger partial charge in [0.15, 0.2) is 0 Å². The molecule has 2 heterocycles. The van der Waals surface area contributed by atoms with E-state index in [0.717, 1.165) is 0 Å². The molecule has 0 spiro atoms. The Balaban J connectivity index is 1.94. The molecule has 6 nitrogen and oxygen atoms in total. The average Bonchev–Trinajstić information content (AvgIpc) is 2.47. The van der Waals surface area contributed by atoms with Gasteiger partial charge in [-0.25, -0.2) is 9.78 Å². The Morgan fingerprint density at radius 2 is 2.00 bits per heavy atom. The minimum absolute atomic E-state index is 0.133. The zero-order valence-corrected chi connectivity index (χ0v) is 12.6. The predicted octanol–water partition coefficient (Wildman–Crippen LogP) is 2.09. The summed E-state index contributed by atoms with van der Waals surface area (Å²) in [6.07, 6.45) is 1.02. The molecular weight excluding hydrogens is 319 g/mol. The molecule has 1 aliphatic rings. The van der Waals surface area contributed by atoms with E-state index in [9.17, 15) is 9.59 Å². The fourth-order valence-corrected chi connectivity index (χ4v) is 2.47. The number of aromatic nitrogens is 1. The second kappa shape index (κ2) is 7.06. The van der Waals surface area contributed by atoms with Gasteiger partial charge in [-0.1, -0.05) is 23.2 Å². The molecule has 0 saturated carbocycles. The van der Waals surface area contributed by atoms with E-state index in [1.165, 1.54) is 12.1 Å². The van der Waals surface area contributed by atoms with Crippen LogP contribution in [0.5, 0.6) is 0 Å². The fourth-order valence-electron chi connectivity index (χ4n) is 2.13. The molecule has 2 rings (SSSR count). The normalized spacial score (nSPS) is 16.0. The first kappa shape index (κ1) is 16.0. The highest BCUT2D eigenvalue weighted by atomic mass is 35.5. The number of carboxylic acids is 1. The van der Waals surface area contributed by atoms with Gasteiger partial charge in [0.2, 0.25) is 0 Å². The third kappa shape index (κ3) is 4.30. The van der Waals surface area contributed by atoms with Gasteiger partial charge in [-0.15, -0.1) is 0 Å². The summed E-state index contributed by atoms with van der Waals surface area (Å²) in [4.78, 5) is 28.4. The number of amides is 1. The fraction of sp³-hybridized carbons (Fsp3) is 0.462. The standard InChI is InChI=1S/C13H14Cl2N2O4/c14-9-1-2-10(15)16-12(9)13(20)17-5-3-8(4-6-17)21-7-11(18)19/h1-2,8H,3-7H2,(H,18,19). The summed E-state index contributed by atoms with van der Waals surface area (Å²) in [5.74, 6) is -1.28. The van der Waals surface area contributed by atoms with Crippen LogP contribution in [0, 0.1) is 0 Å². The molecule has 0 atom stereocenters. The molecule has 1 aromatic heterocycles. The van der Waals surface area contributed by atoms with Crippen LogP contribution in [0.25, 0.3) is 0 Å². The van der Waals surface area contributed by atoms with Crippen LogP contribution in [-0.4, -0.2) is 52.7 Å². The van der Waals surface area contributed by atoms with E-state index in [1.807, 2.05) is 0 Å². The number of carbonyl (C=O) groups is 2. The van der Waals surface area contributed by atoms with Gasteiger partial charge in [-0.2, -0.15) is 0 Å². The minimum atomic E-state index is -0.997. The van der Waals surface area contributed by atoms with E-state index < -0.39 is 5.97 Å². The zero-order chi connectivity index (χ0) is 15.4. The number of likely N-dealkylation sites (tertiary alicyclic amines) is 1. The smallest absolute Gasteiger partial charge is 0.329 e. The Kier molecular flexibility index (Phi) is 5.39. The molecule has 0 radical (unpaired) electrons. The van der Waals surface area contributed by atoms with Gasteiger partial charge in [0.25, 0.3) is 5.91 Å².